The molecular formula is C18H21F5N4O5. The number of hydrogen-bond acceptors (Lipinski definition) is 6. The van der Waals surface area contributed by atoms with Gasteiger partial charge in [-0.15, -0.1) is 0 Å². The normalized spacial score (nSPS) is 18.7. The number of rotatable bonds is 7. The summed E-state index contributed by atoms with van der Waals surface area (Å²) >= 11 is 0. The van der Waals surface area contributed by atoms with Crippen molar-refractivity contribution in [1.82, 2.24) is 10.6 Å². The molecular weight excluding hydrogens is 447 g/mol. The maximum Gasteiger partial charge on any atom is 0.455 e. The van der Waals surface area contributed by atoms with Gasteiger partial charge in [0.05, 0.1) is 24.5 Å². The van der Waals surface area contributed by atoms with Gasteiger partial charge in [-0.25, -0.2) is 0 Å². The van der Waals surface area contributed by atoms with Crippen LogP contribution in [0.3, 0.4) is 0 Å². The first-order valence-corrected chi connectivity index (χ1v) is 9.22. The molecule has 0 aromatic heterocycles. The Labute approximate surface area is 178 Å². The molecule has 0 aliphatic carbocycles. The van der Waals surface area contributed by atoms with Gasteiger partial charge in [-0.1, -0.05) is 12.1 Å². The van der Waals surface area contributed by atoms with E-state index in [2.05, 4.69) is 10.6 Å². The molecule has 0 spiro atoms. The van der Waals surface area contributed by atoms with E-state index in [0.29, 0.717) is 18.3 Å². The molecule has 1 aliphatic heterocycles. The number of para-hydroxylation sites is 2. The lowest BCUT2D eigenvalue weighted by Crippen LogP contribution is -2.61. The molecule has 0 bridgehead atoms. The van der Waals surface area contributed by atoms with Crippen molar-refractivity contribution < 1.29 is 46.5 Å². The van der Waals surface area contributed by atoms with E-state index in [1.54, 1.807) is 24.3 Å². The number of carbonyl (C=O) groups excluding carboxylic acids is 3. The Morgan fingerprint density at radius 2 is 1.81 bits per heavy atom. The molecule has 1 heterocycles. The summed E-state index contributed by atoms with van der Waals surface area (Å²) in [6.45, 7) is -2.06. The van der Waals surface area contributed by atoms with Gasteiger partial charge in [-0.05, 0) is 19.1 Å². The predicted molar refractivity (Wildman–Crippen MR) is 101 cm³/mol. The fourth-order valence-corrected chi connectivity index (χ4v) is 2.79. The molecule has 0 unspecified atom stereocenters. The Morgan fingerprint density at radius 1 is 1.19 bits per heavy atom. The topological polar surface area (TPSA) is 131 Å². The van der Waals surface area contributed by atoms with Crippen LogP contribution in [0.1, 0.15) is 6.92 Å². The van der Waals surface area contributed by atoms with Crippen LogP contribution in [-0.2, 0) is 14.4 Å². The molecule has 0 saturated carbocycles. The smallest absolute Gasteiger partial charge is 0.395 e. The van der Waals surface area contributed by atoms with Gasteiger partial charge in [0.1, 0.15) is 6.04 Å². The molecule has 0 fully saturated rings. The highest BCUT2D eigenvalue weighted by Gasteiger charge is 2.58. The number of nitrogens with one attached hydrogen (secondary N) is 3. The Kier molecular flexibility index (Phi) is 7.29. The van der Waals surface area contributed by atoms with E-state index in [-0.39, 0.29) is 19.7 Å². The summed E-state index contributed by atoms with van der Waals surface area (Å²) in [5.74, 6) is -9.35. The van der Waals surface area contributed by atoms with Gasteiger partial charge in [-0.2, -0.15) is 22.0 Å². The van der Waals surface area contributed by atoms with Gasteiger partial charge in [-0.3, -0.25) is 14.4 Å². The summed E-state index contributed by atoms with van der Waals surface area (Å²) in [7, 11) is 0. The third-order valence-corrected chi connectivity index (χ3v) is 4.67. The third kappa shape index (κ3) is 5.43. The monoisotopic (exact) mass is 468 g/mol. The Bertz CT molecular complexity index is 878. The SMILES string of the molecule is C[C@@](O)(C(=O)NCC(F)(F)C(F)(F)F)C(=O)N[C@H]1CN(CCO)c2ccccc2NC1=O. The third-order valence-electron chi connectivity index (χ3n) is 4.67. The highest BCUT2D eigenvalue weighted by Crippen LogP contribution is 2.34. The zero-order valence-corrected chi connectivity index (χ0v) is 16.7. The van der Waals surface area contributed by atoms with Crippen molar-refractivity contribution in [1.29, 1.82) is 0 Å². The van der Waals surface area contributed by atoms with Crippen LogP contribution in [0.15, 0.2) is 24.3 Å². The van der Waals surface area contributed by atoms with Crippen LogP contribution in [0.5, 0.6) is 0 Å². The molecule has 5 N–H and O–H groups in total. The first-order chi connectivity index (χ1) is 14.7. The number of benzene rings is 1. The fourth-order valence-electron chi connectivity index (χ4n) is 2.79. The molecule has 1 aliphatic rings. The van der Waals surface area contributed by atoms with Crippen molar-refractivity contribution in [3.63, 3.8) is 0 Å². The number of amides is 3. The molecule has 14 heteroatoms. The van der Waals surface area contributed by atoms with Gasteiger partial charge in [0.2, 0.25) is 11.5 Å². The predicted octanol–water partition coefficient (Wildman–Crippen LogP) is -0.0130. The van der Waals surface area contributed by atoms with Gasteiger partial charge >= 0.3 is 12.1 Å². The van der Waals surface area contributed by atoms with E-state index in [1.807, 2.05) is 0 Å². The van der Waals surface area contributed by atoms with Crippen LogP contribution in [0.4, 0.5) is 33.3 Å². The molecule has 32 heavy (non-hydrogen) atoms. The number of anilines is 2. The number of nitrogens with zero attached hydrogens (tertiary/aromatic N) is 1. The summed E-state index contributed by atoms with van der Waals surface area (Å²) < 4.78 is 62.7. The van der Waals surface area contributed by atoms with Crippen molar-refractivity contribution in [3.05, 3.63) is 24.3 Å². The highest BCUT2D eigenvalue weighted by molar-refractivity contribution is 6.10. The minimum Gasteiger partial charge on any atom is -0.395 e. The van der Waals surface area contributed by atoms with E-state index in [1.165, 1.54) is 10.2 Å². The number of hydrogen-bond donors (Lipinski definition) is 5. The second-order valence-electron chi connectivity index (χ2n) is 7.16. The van der Waals surface area contributed by atoms with Crippen LogP contribution in [-0.4, -0.2) is 77.9 Å². The molecule has 2 rings (SSSR count). The standard InChI is InChI=1S/C18H21F5N4O5/c1-16(32,14(30)24-9-17(19,20)18(21,22)23)15(31)26-11-8-27(6-7-28)12-5-3-2-4-10(12)25-13(11)29/h2-5,11,28,32H,6-9H2,1H3,(H,24,30)(H,25,29)(H,26,31)/t11-,16+/m0/s1. The Hall–Kier alpha value is -3.00. The maximum atomic E-state index is 13.0. The minimum absolute atomic E-state index is 0.0573. The molecule has 2 atom stereocenters. The molecule has 178 valence electrons. The Balaban J connectivity index is 2.12. The largest absolute Gasteiger partial charge is 0.455 e. The van der Waals surface area contributed by atoms with E-state index >= 15 is 0 Å². The van der Waals surface area contributed by atoms with Gasteiger partial charge < -0.3 is 31.1 Å². The number of aliphatic hydroxyl groups excluding tert-OH is 1. The van der Waals surface area contributed by atoms with Crippen molar-refractivity contribution in [2.75, 3.05) is 36.5 Å². The van der Waals surface area contributed by atoms with Crippen LogP contribution in [0.25, 0.3) is 0 Å². The highest BCUT2D eigenvalue weighted by atomic mass is 19.4. The molecule has 0 saturated heterocycles. The second kappa shape index (κ2) is 9.24. The van der Waals surface area contributed by atoms with E-state index in [9.17, 15) is 46.5 Å². The number of fused-ring (bicyclic) bond motifs is 1. The molecule has 0 radical (unpaired) electrons. The van der Waals surface area contributed by atoms with Crippen LogP contribution >= 0.6 is 0 Å². The number of carbonyl (C=O) groups is 3. The average molecular weight is 468 g/mol. The summed E-state index contributed by atoms with van der Waals surface area (Å²) in [4.78, 5) is 38.4. The summed E-state index contributed by atoms with van der Waals surface area (Å²) in [5.41, 5.74) is -2.18. The van der Waals surface area contributed by atoms with Crippen molar-refractivity contribution >= 4 is 29.1 Å². The number of alkyl halides is 5. The van der Waals surface area contributed by atoms with Gasteiger partial charge in [0, 0.05) is 13.1 Å². The quantitative estimate of drug-likeness (QED) is 0.283. The summed E-state index contributed by atoms with van der Waals surface area (Å²) in [6.07, 6.45) is -5.95. The molecule has 1 aromatic carbocycles. The lowest BCUT2D eigenvalue weighted by molar-refractivity contribution is -0.278. The maximum absolute atomic E-state index is 13.0. The number of β-amino-alcohol motifs (C(OH)–C–C–N with tert-alkyl or cyclic N) is 1. The Morgan fingerprint density at radius 3 is 2.41 bits per heavy atom. The number of aliphatic hydroxyl groups is 2. The van der Waals surface area contributed by atoms with Crippen LogP contribution in [0, 0.1) is 0 Å². The van der Waals surface area contributed by atoms with Gasteiger partial charge in [0.15, 0.2) is 0 Å². The van der Waals surface area contributed by atoms with Crippen molar-refractivity contribution in [2.45, 2.75) is 30.7 Å². The minimum atomic E-state index is -5.95. The van der Waals surface area contributed by atoms with Gasteiger partial charge in [0.25, 0.3) is 11.8 Å². The lowest BCUT2D eigenvalue weighted by atomic mass is 10.0. The van der Waals surface area contributed by atoms with E-state index in [4.69, 9.17) is 0 Å². The van der Waals surface area contributed by atoms with Crippen molar-refractivity contribution in [2.24, 2.45) is 0 Å². The lowest BCUT2D eigenvalue weighted by Gasteiger charge is -2.28. The van der Waals surface area contributed by atoms with E-state index < -0.39 is 48.0 Å². The van der Waals surface area contributed by atoms with Crippen molar-refractivity contribution in [3.8, 4) is 0 Å². The molecule has 1 aromatic rings. The van der Waals surface area contributed by atoms with Crippen LogP contribution < -0.4 is 20.9 Å². The average Bonchev–Trinajstić information content (AvgIpc) is 2.82. The summed E-state index contributed by atoms with van der Waals surface area (Å²) in [6, 6.07) is 5.13. The number of halogens is 5. The first kappa shape index (κ1) is 25.3. The molecule has 9 nitrogen and oxygen atoms in total. The fraction of sp³-hybridized carbons (Fsp3) is 0.500. The zero-order valence-electron chi connectivity index (χ0n) is 16.7. The second-order valence-corrected chi connectivity index (χ2v) is 7.16. The first-order valence-electron chi connectivity index (χ1n) is 9.22. The van der Waals surface area contributed by atoms with E-state index in [0.717, 1.165) is 0 Å². The van der Waals surface area contributed by atoms with Crippen LogP contribution in [0.2, 0.25) is 0 Å². The zero-order chi connectivity index (χ0) is 24.3. The molecule has 3 amide bonds. The summed E-state index contributed by atoms with van der Waals surface area (Å²) in [5, 5.41) is 25.2.